The molecule has 0 aromatic carbocycles. The van der Waals surface area contributed by atoms with Crippen LogP contribution in [-0.4, -0.2) is 5.88 Å². The number of halogens is 2. The van der Waals surface area contributed by atoms with Crippen LogP contribution < -0.4 is 0 Å². The van der Waals surface area contributed by atoms with Gasteiger partial charge >= 0.3 is 0 Å². The summed E-state index contributed by atoms with van der Waals surface area (Å²) in [6.07, 6.45) is 20.1. The van der Waals surface area contributed by atoms with E-state index in [-0.39, 0.29) is 0 Å². The molecule has 118 valence electrons. The standard InChI is InChI=1S/C18H32Cl2/c19-17-15-13-11-9-7-5-3-1-2-4-6-8-10-12-14-16-18-20/h1-15,17H2. The van der Waals surface area contributed by atoms with Crippen LogP contribution >= 0.6 is 23.2 Å². The fraction of sp³-hybridized carbons (Fsp3) is 0.889. The van der Waals surface area contributed by atoms with Gasteiger partial charge in [-0.25, -0.2) is 0 Å². The van der Waals surface area contributed by atoms with Crippen molar-refractivity contribution in [1.82, 2.24) is 0 Å². The molecule has 0 bridgehead atoms. The van der Waals surface area contributed by atoms with Gasteiger partial charge < -0.3 is 0 Å². The van der Waals surface area contributed by atoms with Gasteiger partial charge in [0.1, 0.15) is 0 Å². The molecule has 0 aromatic rings. The van der Waals surface area contributed by atoms with E-state index in [0.29, 0.717) is 0 Å². The van der Waals surface area contributed by atoms with E-state index in [4.69, 9.17) is 23.2 Å². The fourth-order valence-electron chi connectivity index (χ4n) is 2.48. The van der Waals surface area contributed by atoms with Crippen LogP contribution in [0.3, 0.4) is 0 Å². The first-order chi connectivity index (χ1) is 9.91. The molecule has 0 N–H and O–H groups in total. The van der Waals surface area contributed by atoms with Crippen molar-refractivity contribution in [2.45, 2.75) is 96.3 Å². The van der Waals surface area contributed by atoms with Crippen LogP contribution in [0, 0.1) is 11.3 Å². The van der Waals surface area contributed by atoms with Crippen molar-refractivity contribution in [3.63, 3.8) is 0 Å². The van der Waals surface area contributed by atoms with Crippen molar-refractivity contribution >= 4 is 23.2 Å². The van der Waals surface area contributed by atoms with Gasteiger partial charge in [-0.1, -0.05) is 83.0 Å². The normalized spacial score (nSPS) is 10.3. The van der Waals surface area contributed by atoms with Crippen LogP contribution in [0.5, 0.6) is 0 Å². The van der Waals surface area contributed by atoms with Gasteiger partial charge in [0.15, 0.2) is 0 Å². The molecule has 0 saturated carbocycles. The molecule has 0 aromatic heterocycles. The SMILES string of the molecule is ClC#CCCCCCCCCCCCCCCCCCl. The Labute approximate surface area is 137 Å². The molecule has 20 heavy (non-hydrogen) atoms. The molecule has 0 heterocycles. The van der Waals surface area contributed by atoms with Crippen LogP contribution in [0.4, 0.5) is 0 Å². The Morgan fingerprint density at radius 1 is 0.500 bits per heavy atom. The molecule has 0 aliphatic heterocycles. The van der Waals surface area contributed by atoms with Crippen molar-refractivity contribution in [2.24, 2.45) is 0 Å². The van der Waals surface area contributed by atoms with Crippen LogP contribution in [0.2, 0.25) is 0 Å². The largest absolute Gasteiger partial charge is 0.127 e. The van der Waals surface area contributed by atoms with Crippen molar-refractivity contribution in [3.05, 3.63) is 0 Å². The van der Waals surface area contributed by atoms with Crippen LogP contribution in [0.25, 0.3) is 0 Å². The van der Waals surface area contributed by atoms with E-state index >= 15 is 0 Å². The van der Waals surface area contributed by atoms with Crippen LogP contribution in [0.1, 0.15) is 96.3 Å². The molecule has 0 radical (unpaired) electrons. The number of rotatable bonds is 15. The lowest BCUT2D eigenvalue weighted by molar-refractivity contribution is 0.537. The highest BCUT2D eigenvalue weighted by molar-refractivity contribution is 6.30. The smallest absolute Gasteiger partial charge is 0.0223 e. The highest BCUT2D eigenvalue weighted by Crippen LogP contribution is 2.13. The average molecular weight is 319 g/mol. The number of unbranched alkanes of at least 4 members (excludes halogenated alkanes) is 14. The summed E-state index contributed by atoms with van der Waals surface area (Å²) in [6.45, 7) is 0. The summed E-state index contributed by atoms with van der Waals surface area (Å²) < 4.78 is 0. The van der Waals surface area contributed by atoms with Crippen LogP contribution in [0.15, 0.2) is 0 Å². The Morgan fingerprint density at radius 3 is 1.20 bits per heavy atom. The van der Waals surface area contributed by atoms with E-state index in [1.165, 1.54) is 89.9 Å². The molecule has 0 aliphatic rings. The molecule has 0 spiro atoms. The molecule has 2 heteroatoms. The highest BCUT2D eigenvalue weighted by Gasteiger charge is 1.94. The summed E-state index contributed by atoms with van der Waals surface area (Å²) >= 11 is 11.0. The second kappa shape index (κ2) is 19.1. The highest BCUT2D eigenvalue weighted by atomic mass is 35.5. The monoisotopic (exact) mass is 318 g/mol. The third kappa shape index (κ3) is 18.1. The Balaban J connectivity index is 2.93. The lowest BCUT2D eigenvalue weighted by Gasteiger charge is -2.02. The Morgan fingerprint density at radius 2 is 0.850 bits per heavy atom. The summed E-state index contributed by atoms with van der Waals surface area (Å²) in [7, 11) is 0. The first-order valence-corrected chi connectivity index (χ1v) is 9.47. The minimum Gasteiger partial charge on any atom is -0.127 e. The average Bonchev–Trinajstić information content (AvgIpc) is 2.47. The summed E-state index contributed by atoms with van der Waals surface area (Å²) in [4.78, 5) is 0. The van der Waals surface area contributed by atoms with Crippen molar-refractivity contribution in [2.75, 3.05) is 5.88 Å². The van der Waals surface area contributed by atoms with E-state index in [1.54, 1.807) is 0 Å². The summed E-state index contributed by atoms with van der Waals surface area (Å²) in [5, 5.41) is 2.43. The number of hydrogen-bond acceptors (Lipinski definition) is 0. The molecule has 0 rings (SSSR count). The van der Waals surface area contributed by atoms with Gasteiger partial charge in [-0.3, -0.25) is 0 Å². The van der Waals surface area contributed by atoms with E-state index in [2.05, 4.69) is 11.3 Å². The lowest BCUT2D eigenvalue weighted by Crippen LogP contribution is -1.83. The molecule has 0 nitrogen and oxygen atoms in total. The van der Waals surface area contributed by atoms with Crippen molar-refractivity contribution in [1.29, 1.82) is 0 Å². The Hall–Kier alpha value is 0.140. The molecule has 0 saturated heterocycles. The maximum absolute atomic E-state index is 5.66. The Kier molecular flexibility index (Phi) is 19.3. The third-order valence-corrected chi connectivity index (χ3v) is 4.15. The first kappa shape index (κ1) is 20.1. The van der Waals surface area contributed by atoms with Gasteiger partial charge in [0.2, 0.25) is 0 Å². The van der Waals surface area contributed by atoms with Gasteiger partial charge in [-0.2, -0.15) is 0 Å². The molecular formula is C18H32Cl2. The molecule has 0 amide bonds. The van der Waals surface area contributed by atoms with Gasteiger partial charge in [0.05, 0.1) is 0 Å². The third-order valence-electron chi connectivity index (χ3n) is 3.75. The quantitative estimate of drug-likeness (QED) is 0.169. The molecule has 0 unspecified atom stereocenters. The maximum atomic E-state index is 5.66. The van der Waals surface area contributed by atoms with E-state index in [9.17, 15) is 0 Å². The minimum absolute atomic E-state index is 0.833. The zero-order chi connectivity index (χ0) is 14.7. The summed E-state index contributed by atoms with van der Waals surface area (Å²) in [6, 6.07) is 0. The van der Waals surface area contributed by atoms with Crippen molar-refractivity contribution < 1.29 is 0 Å². The predicted octanol–water partition coefficient (Wildman–Crippen LogP) is 7.28. The zero-order valence-corrected chi connectivity index (χ0v) is 14.6. The zero-order valence-electron chi connectivity index (χ0n) is 13.1. The van der Waals surface area contributed by atoms with Crippen LogP contribution in [-0.2, 0) is 0 Å². The molecular weight excluding hydrogens is 287 g/mol. The first-order valence-electron chi connectivity index (χ1n) is 8.56. The van der Waals surface area contributed by atoms with E-state index in [0.717, 1.165) is 12.3 Å². The van der Waals surface area contributed by atoms with E-state index < -0.39 is 0 Å². The van der Waals surface area contributed by atoms with Gasteiger partial charge in [0.25, 0.3) is 0 Å². The molecule has 0 fully saturated rings. The number of alkyl halides is 1. The topological polar surface area (TPSA) is 0 Å². The fourth-order valence-corrected chi connectivity index (χ4v) is 2.76. The maximum Gasteiger partial charge on any atom is 0.0223 e. The molecule has 0 atom stereocenters. The van der Waals surface area contributed by atoms with Gasteiger partial charge in [0, 0.05) is 17.7 Å². The summed E-state index contributed by atoms with van der Waals surface area (Å²) in [5.74, 6) is 3.74. The second-order valence-electron chi connectivity index (χ2n) is 5.66. The lowest BCUT2D eigenvalue weighted by atomic mass is 10.0. The van der Waals surface area contributed by atoms with Crippen molar-refractivity contribution in [3.8, 4) is 11.3 Å². The summed E-state index contributed by atoms with van der Waals surface area (Å²) in [5.41, 5.74) is 0. The second-order valence-corrected chi connectivity index (χ2v) is 6.23. The Bertz CT molecular complexity index is 227. The van der Waals surface area contributed by atoms with Gasteiger partial charge in [-0.15, -0.1) is 11.6 Å². The predicted molar refractivity (Wildman–Crippen MR) is 93.6 cm³/mol. The van der Waals surface area contributed by atoms with Gasteiger partial charge in [-0.05, 0) is 24.4 Å². The van der Waals surface area contributed by atoms with E-state index in [1.807, 2.05) is 0 Å². The number of hydrogen-bond donors (Lipinski definition) is 0. The minimum atomic E-state index is 0.833. The molecule has 0 aliphatic carbocycles.